The monoisotopic (exact) mass is 460 g/mol. The van der Waals surface area contributed by atoms with E-state index in [1.54, 1.807) is 11.8 Å². The quantitative estimate of drug-likeness (QED) is 0.495. The lowest BCUT2D eigenvalue weighted by atomic mass is 9.74. The van der Waals surface area contributed by atoms with Gasteiger partial charge in [0, 0.05) is 12.6 Å². The molecule has 2 fully saturated rings. The molecule has 4 rings (SSSR count). The summed E-state index contributed by atoms with van der Waals surface area (Å²) in [6, 6.07) is -1.61. The predicted octanol–water partition coefficient (Wildman–Crippen LogP) is 1.67. The van der Waals surface area contributed by atoms with Crippen molar-refractivity contribution in [3.8, 4) is 0 Å². The van der Waals surface area contributed by atoms with Gasteiger partial charge >= 0.3 is 5.97 Å². The molecule has 33 heavy (non-hydrogen) atoms. The summed E-state index contributed by atoms with van der Waals surface area (Å²) in [4.78, 5) is 44.6. The predicted molar refractivity (Wildman–Crippen MR) is 121 cm³/mol. The van der Waals surface area contributed by atoms with Crippen molar-refractivity contribution in [2.24, 2.45) is 17.8 Å². The van der Waals surface area contributed by atoms with Gasteiger partial charge in [0.25, 0.3) is 0 Å². The van der Waals surface area contributed by atoms with Gasteiger partial charge in [0.1, 0.15) is 17.6 Å². The number of carbonyl (C=O) groups excluding carboxylic acids is 3. The van der Waals surface area contributed by atoms with E-state index in [1.165, 1.54) is 4.90 Å². The van der Waals surface area contributed by atoms with E-state index in [1.807, 2.05) is 52.0 Å². The minimum atomic E-state index is -1.31. The van der Waals surface area contributed by atoms with Gasteiger partial charge in [-0.05, 0) is 33.1 Å². The Morgan fingerprint density at radius 3 is 2.48 bits per heavy atom. The van der Waals surface area contributed by atoms with Crippen molar-refractivity contribution in [2.45, 2.75) is 76.8 Å². The van der Waals surface area contributed by atoms with E-state index in [9.17, 15) is 19.5 Å². The number of cyclic esters (lactones) is 1. The fraction of sp³-hybridized carbons (Fsp3) is 0.720. The van der Waals surface area contributed by atoms with E-state index in [0.29, 0.717) is 13.0 Å². The summed E-state index contributed by atoms with van der Waals surface area (Å²) in [6.45, 7) is 9.98. The fourth-order valence-electron chi connectivity index (χ4n) is 6.08. The molecule has 1 unspecified atom stereocenters. The lowest BCUT2D eigenvalue weighted by Gasteiger charge is -2.42. The summed E-state index contributed by atoms with van der Waals surface area (Å²) in [7, 11) is 0. The standard InChI is InChI=1S/C25H36N2O6/c1-6-16(4)17(14-28)27-20-22(30)26(15(2)3)12-9-11-25(20)18(21(27)29)19-23(31)32-13-8-7-10-24(19,5)33-25/h7,9-11,15-20,28H,6,8,12-14H2,1-5H3/t16-,17-,18-,19-,20?,24+,25-/m0/s1. The van der Waals surface area contributed by atoms with E-state index in [-0.39, 0.29) is 37.0 Å². The summed E-state index contributed by atoms with van der Waals surface area (Å²) in [5.74, 6) is -2.86. The Balaban J connectivity index is 1.92. The lowest BCUT2D eigenvalue weighted by molar-refractivity contribution is -0.163. The number of carbonyl (C=O) groups is 3. The summed E-state index contributed by atoms with van der Waals surface area (Å²) in [5.41, 5.74) is -2.39. The Morgan fingerprint density at radius 2 is 1.85 bits per heavy atom. The normalized spacial score (nSPS) is 37.8. The van der Waals surface area contributed by atoms with Crippen molar-refractivity contribution >= 4 is 17.8 Å². The summed E-state index contributed by atoms with van der Waals surface area (Å²) in [5, 5.41) is 10.3. The maximum atomic E-state index is 14.1. The molecule has 4 aliphatic rings. The maximum Gasteiger partial charge on any atom is 0.313 e. The van der Waals surface area contributed by atoms with Crippen LogP contribution in [0, 0.1) is 17.8 Å². The molecular weight excluding hydrogens is 424 g/mol. The first kappa shape index (κ1) is 24.0. The lowest BCUT2D eigenvalue weighted by Crippen LogP contribution is -2.60. The number of hydrogen-bond donors (Lipinski definition) is 1. The summed E-state index contributed by atoms with van der Waals surface area (Å²) >= 11 is 0. The van der Waals surface area contributed by atoms with E-state index >= 15 is 0 Å². The molecule has 0 aromatic rings. The highest BCUT2D eigenvalue weighted by molar-refractivity contribution is 5.99. The minimum Gasteiger partial charge on any atom is -0.465 e. The molecule has 7 atom stereocenters. The molecule has 4 heterocycles. The van der Waals surface area contributed by atoms with E-state index in [2.05, 4.69) is 0 Å². The van der Waals surface area contributed by atoms with Crippen molar-refractivity contribution in [2.75, 3.05) is 19.8 Å². The van der Waals surface area contributed by atoms with Gasteiger partial charge in [0.05, 0.1) is 30.8 Å². The number of esters is 1. The molecule has 4 aliphatic heterocycles. The van der Waals surface area contributed by atoms with E-state index in [4.69, 9.17) is 9.47 Å². The first-order chi connectivity index (χ1) is 15.6. The third-order valence-electron chi connectivity index (χ3n) is 7.96. The third-order valence-corrected chi connectivity index (χ3v) is 7.96. The van der Waals surface area contributed by atoms with Crippen LogP contribution < -0.4 is 0 Å². The van der Waals surface area contributed by atoms with Gasteiger partial charge in [-0.3, -0.25) is 14.4 Å². The van der Waals surface area contributed by atoms with Gasteiger partial charge in [0.15, 0.2) is 0 Å². The summed E-state index contributed by atoms with van der Waals surface area (Å²) < 4.78 is 12.2. The number of ether oxygens (including phenoxy) is 2. The van der Waals surface area contributed by atoms with Gasteiger partial charge in [-0.25, -0.2) is 0 Å². The van der Waals surface area contributed by atoms with Crippen molar-refractivity contribution in [1.29, 1.82) is 0 Å². The largest absolute Gasteiger partial charge is 0.465 e. The molecule has 0 aromatic heterocycles. The van der Waals surface area contributed by atoms with E-state index < -0.39 is 41.1 Å². The number of aliphatic hydroxyl groups excluding tert-OH is 1. The molecule has 0 radical (unpaired) electrons. The highest BCUT2D eigenvalue weighted by atomic mass is 16.6. The van der Waals surface area contributed by atoms with Crippen LogP contribution in [-0.2, 0) is 23.9 Å². The topological polar surface area (TPSA) is 96.4 Å². The molecule has 1 spiro atoms. The molecular formula is C25H36N2O6. The number of likely N-dealkylation sites (tertiary alicyclic amines) is 1. The number of hydrogen-bond acceptors (Lipinski definition) is 6. The Labute approximate surface area is 195 Å². The van der Waals surface area contributed by atoms with Crippen LogP contribution in [0.15, 0.2) is 24.3 Å². The Morgan fingerprint density at radius 1 is 1.12 bits per heavy atom. The molecule has 8 heteroatoms. The van der Waals surface area contributed by atoms with Crippen molar-refractivity contribution in [3.63, 3.8) is 0 Å². The van der Waals surface area contributed by atoms with Crippen LogP contribution in [0.4, 0.5) is 0 Å². The van der Waals surface area contributed by atoms with Crippen LogP contribution in [0.2, 0.25) is 0 Å². The number of nitrogens with zero attached hydrogens (tertiary/aromatic N) is 2. The molecule has 0 aromatic carbocycles. The van der Waals surface area contributed by atoms with Crippen molar-refractivity contribution in [3.05, 3.63) is 24.3 Å². The first-order valence-electron chi connectivity index (χ1n) is 12.1. The SMILES string of the molecule is CC[C@H](C)[C@H](CO)N1C(=O)[C@@H]2[C@H]3C(=O)OCCC=C[C@@]3(C)O[C@@]23C=CCN(C(C)C)C(=O)C13. The van der Waals surface area contributed by atoms with Gasteiger partial charge in [-0.2, -0.15) is 0 Å². The van der Waals surface area contributed by atoms with Crippen LogP contribution in [-0.4, -0.2) is 81.8 Å². The number of fused-ring (bicyclic) bond motifs is 2. The molecule has 2 saturated heterocycles. The Hall–Kier alpha value is -2.19. The van der Waals surface area contributed by atoms with Gasteiger partial charge < -0.3 is 24.4 Å². The van der Waals surface area contributed by atoms with Crippen LogP contribution >= 0.6 is 0 Å². The summed E-state index contributed by atoms with van der Waals surface area (Å²) in [6.07, 6.45) is 8.74. The van der Waals surface area contributed by atoms with Gasteiger partial charge in [-0.1, -0.05) is 44.6 Å². The average molecular weight is 461 g/mol. The minimum absolute atomic E-state index is 0.0436. The second kappa shape index (κ2) is 8.55. The molecule has 8 nitrogen and oxygen atoms in total. The van der Waals surface area contributed by atoms with Gasteiger partial charge in [-0.15, -0.1) is 0 Å². The zero-order valence-corrected chi connectivity index (χ0v) is 20.2. The number of rotatable bonds is 5. The zero-order valence-electron chi connectivity index (χ0n) is 20.2. The second-order valence-electron chi connectivity index (χ2n) is 10.2. The number of aliphatic hydroxyl groups is 1. The smallest absolute Gasteiger partial charge is 0.313 e. The highest BCUT2D eigenvalue weighted by Gasteiger charge is 2.75. The first-order valence-corrected chi connectivity index (χ1v) is 12.1. The van der Waals surface area contributed by atoms with Crippen molar-refractivity contribution in [1.82, 2.24) is 9.80 Å². The van der Waals surface area contributed by atoms with Crippen LogP contribution in [0.5, 0.6) is 0 Å². The average Bonchev–Trinajstić information content (AvgIpc) is 3.07. The number of amides is 2. The Kier molecular flexibility index (Phi) is 6.20. The molecule has 0 aliphatic carbocycles. The van der Waals surface area contributed by atoms with Crippen LogP contribution in [0.3, 0.4) is 0 Å². The maximum absolute atomic E-state index is 14.1. The van der Waals surface area contributed by atoms with Gasteiger partial charge in [0.2, 0.25) is 11.8 Å². The highest BCUT2D eigenvalue weighted by Crippen LogP contribution is 2.57. The molecule has 182 valence electrons. The molecule has 0 bridgehead atoms. The second-order valence-corrected chi connectivity index (χ2v) is 10.2. The van der Waals surface area contributed by atoms with Crippen LogP contribution in [0.1, 0.15) is 47.5 Å². The van der Waals surface area contributed by atoms with E-state index in [0.717, 1.165) is 6.42 Å². The van der Waals surface area contributed by atoms with Crippen LogP contribution in [0.25, 0.3) is 0 Å². The fourth-order valence-corrected chi connectivity index (χ4v) is 6.08. The third kappa shape index (κ3) is 3.44. The molecule has 0 saturated carbocycles. The molecule has 1 N–H and O–H groups in total. The zero-order chi connectivity index (χ0) is 24.1. The van der Waals surface area contributed by atoms with Crippen molar-refractivity contribution < 1.29 is 29.0 Å². The Bertz CT molecular complexity index is 884. The molecule has 2 amide bonds.